The normalized spacial score (nSPS) is 11.9. The van der Waals surface area contributed by atoms with Crippen LogP contribution in [0.3, 0.4) is 0 Å². The van der Waals surface area contributed by atoms with Gasteiger partial charge in [0.15, 0.2) is 15.0 Å². The number of hydrogen-bond acceptors (Lipinski definition) is 6. The van der Waals surface area contributed by atoms with Crippen molar-refractivity contribution in [3.63, 3.8) is 0 Å². The molecule has 1 amide bonds. The van der Waals surface area contributed by atoms with Crippen LogP contribution in [0.25, 0.3) is 10.2 Å². The van der Waals surface area contributed by atoms with Gasteiger partial charge in [-0.2, -0.15) is 0 Å². The first kappa shape index (κ1) is 23.4. The van der Waals surface area contributed by atoms with E-state index in [4.69, 9.17) is 4.98 Å². The van der Waals surface area contributed by atoms with Gasteiger partial charge in [-0.05, 0) is 68.4 Å². The van der Waals surface area contributed by atoms with E-state index in [1.54, 1.807) is 17.0 Å². The molecule has 3 rings (SSSR count). The van der Waals surface area contributed by atoms with E-state index in [1.165, 1.54) is 29.0 Å². The second kappa shape index (κ2) is 9.46. The SMILES string of the molecule is CCN(CC)CCN(C(=O)c1cccc(S(C)(=O)=O)c1)c1nc2cc(C)c(C)cc2s1. The first-order chi connectivity index (χ1) is 14.6. The lowest BCUT2D eigenvalue weighted by Gasteiger charge is -2.24. The minimum absolute atomic E-state index is 0.137. The number of nitrogens with zero attached hydrogens (tertiary/aromatic N) is 3. The number of fused-ring (bicyclic) bond motifs is 1. The summed E-state index contributed by atoms with van der Waals surface area (Å²) in [7, 11) is -3.40. The summed E-state index contributed by atoms with van der Waals surface area (Å²) in [6.07, 6.45) is 1.15. The van der Waals surface area contributed by atoms with E-state index >= 15 is 0 Å². The van der Waals surface area contributed by atoms with Crippen molar-refractivity contribution in [2.75, 3.05) is 37.3 Å². The van der Waals surface area contributed by atoms with Gasteiger partial charge in [0.25, 0.3) is 5.91 Å². The molecule has 0 saturated carbocycles. The van der Waals surface area contributed by atoms with Crippen molar-refractivity contribution in [1.82, 2.24) is 9.88 Å². The van der Waals surface area contributed by atoms with Crippen molar-refractivity contribution in [3.8, 4) is 0 Å². The number of benzene rings is 2. The summed E-state index contributed by atoms with van der Waals surface area (Å²) in [5.41, 5.74) is 3.55. The Hall–Kier alpha value is -2.29. The predicted molar refractivity (Wildman–Crippen MR) is 128 cm³/mol. The van der Waals surface area contributed by atoms with Crippen LogP contribution in [-0.4, -0.2) is 56.6 Å². The van der Waals surface area contributed by atoms with Gasteiger partial charge >= 0.3 is 0 Å². The van der Waals surface area contributed by atoms with Crippen LogP contribution in [0.5, 0.6) is 0 Å². The molecule has 166 valence electrons. The van der Waals surface area contributed by atoms with Gasteiger partial charge in [0.1, 0.15) is 0 Å². The van der Waals surface area contributed by atoms with Gasteiger partial charge in [-0.25, -0.2) is 13.4 Å². The average Bonchev–Trinajstić information content (AvgIpc) is 3.13. The first-order valence-electron chi connectivity index (χ1n) is 10.4. The molecule has 0 aliphatic carbocycles. The molecule has 0 radical (unpaired) electrons. The van der Waals surface area contributed by atoms with Crippen LogP contribution in [0.4, 0.5) is 5.13 Å². The third-order valence-corrected chi connectivity index (χ3v) is 7.66. The van der Waals surface area contributed by atoms with E-state index in [0.717, 1.165) is 35.1 Å². The van der Waals surface area contributed by atoms with Crippen molar-refractivity contribution in [3.05, 3.63) is 53.1 Å². The lowest BCUT2D eigenvalue weighted by molar-refractivity contribution is 0.0983. The molecule has 0 bridgehead atoms. The van der Waals surface area contributed by atoms with Crippen molar-refractivity contribution in [2.24, 2.45) is 0 Å². The van der Waals surface area contributed by atoms with Crippen molar-refractivity contribution in [2.45, 2.75) is 32.6 Å². The Morgan fingerprint density at radius 2 is 1.71 bits per heavy atom. The van der Waals surface area contributed by atoms with Crippen LogP contribution < -0.4 is 4.90 Å². The third-order valence-electron chi connectivity index (χ3n) is 5.51. The molecule has 1 aromatic heterocycles. The standard InChI is InChI=1S/C23H29N3O3S2/c1-6-25(7-2)11-12-26(22(27)18-9-8-10-19(15-18)31(5,28)29)23-24-20-13-16(3)17(4)14-21(20)30-23/h8-10,13-15H,6-7,11-12H2,1-5H3. The van der Waals surface area contributed by atoms with Crippen molar-refractivity contribution in [1.29, 1.82) is 0 Å². The van der Waals surface area contributed by atoms with E-state index in [-0.39, 0.29) is 10.8 Å². The Bertz CT molecular complexity index is 1160. The second-order valence-corrected chi connectivity index (χ2v) is 10.7. The molecule has 6 nitrogen and oxygen atoms in total. The minimum Gasteiger partial charge on any atom is -0.302 e. The van der Waals surface area contributed by atoms with Gasteiger partial charge in [0, 0.05) is 24.9 Å². The zero-order valence-corrected chi connectivity index (χ0v) is 20.3. The molecule has 0 unspecified atom stereocenters. The fourth-order valence-corrected chi connectivity index (χ4v) is 5.10. The Labute approximate surface area is 188 Å². The second-order valence-electron chi connectivity index (χ2n) is 7.68. The fourth-order valence-electron chi connectivity index (χ4n) is 3.36. The number of carbonyl (C=O) groups excluding carboxylic acids is 1. The lowest BCUT2D eigenvalue weighted by Crippen LogP contribution is -2.38. The molecule has 31 heavy (non-hydrogen) atoms. The molecule has 0 aliphatic heterocycles. The maximum absolute atomic E-state index is 13.5. The quantitative estimate of drug-likeness (QED) is 0.502. The molecule has 8 heteroatoms. The van der Waals surface area contributed by atoms with Gasteiger partial charge < -0.3 is 4.90 Å². The summed E-state index contributed by atoms with van der Waals surface area (Å²) in [4.78, 5) is 22.3. The summed E-state index contributed by atoms with van der Waals surface area (Å²) in [5, 5.41) is 0.627. The van der Waals surface area contributed by atoms with Crippen LogP contribution in [0.2, 0.25) is 0 Å². The topological polar surface area (TPSA) is 70.6 Å². The molecule has 0 aliphatic rings. The van der Waals surface area contributed by atoms with Gasteiger partial charge in [-0.15, -0.1) is 0 Å². The van der Waals surface area contributed by atoms with Crippen LogP contribution in [-0.2, 0) is 9.84 Å². The Morgan fingerprint density at radius 3 is 2.35 bits per heavy atom. The predicted octanol–water partition coefficient (Wildman–Crippen LogP) is 4.31. The van der Waals surface area contributed by atoms with Gasteiger partial charge in [0.05, 0.1) is 15.1 Å². The Kier molecular flexibility index (Phi) is 7.13. The van der Waals surface area contributed by atoms with Gasteiger partial charge in [0.2, 0.25) is 0 Å². The third kappa shape index (κ3) is 5.31. The van der Waals surface area contributed by atoms with Crippen LogP contribution in [0.15, 0.2) is 41.3 Å². The Morgan fingerprint density at radius 1 is 1.03 bits per heavy atom. The summed E-state index contributed by atoms with van der Waals surface area (Å²) in [6.45, 7) is 11.3. The first-order valence-corrected chi connectivity index (χ1v) is 13.1. The molecule has 0 atom stereocenters. The summed E-state index contributed by atoms with van der Waals surface area (Å²) >= 11 is 1.49. The molecular formula is C23H29N3O3S2. The summed E-state index contributed by atoms with van der Waals surface area (Å²) < 4.78 is 25.0. The monoisotopic (exact) mass is 459 g/mol. The van der Waals surface area contributed by atoms with Crippen molar-refractivity contribution < 1.29 is 13.2 Å². The van der Waals surface area contributed by atoms with Crippen LogP contribution in [0, 0.1) is 13.8 Å². The number of rotatable bonds is 8. The molecule has 0 N–H and O–H groups in total. The van der Waals surface area contributed by atoms with E-state index in [1.807, 2.05) is 13.0 Å². The zero-order chi connectivity index (χ0) is 22.8. The number of thiazole rings is 1. The molecule has 3 aromatic rings. The molecule has 2 aromatic carbocycles. The number of aromatic nitrogens is 1. The number of amides is 1. The maximum atomic E-state index is 13.5. The number of hydrogen-bond donors (Lipinski definition) is 0. The Balaban J connectivity index is 2.03. The molecular weight excluding hydrogens is 430 g/mol. The number of likely N-dealkylation sites (N-methyl/N-ethyl adjacent to an activating group) is 1. The van der Waals surface area contributed by atoms with E-state index < -0.39 is 9.84 Å². The average molecular weight is 460 g/mol. The molecule has 0 fully saturated rings. The highest BCUT2D eigenvalue weighted by Crippen LogP contribution is 2.31. The molecule has 0 spiro atoms. The number of aryl methyl sites for hydroxylation is 2. The highest BCUT2D eigenvalue weighted by Gasteiger charge is 2.23. The van der Waals surface area contributed by atoms with Gasteiger partial charge in [-0.1, -0.05) is 31.3 Å². The largest absolute Gasteiger partial charge is 0.302 e. The summed E-state index contributed by atoms with van der Waals surface area (Å²) in [6, 6.07) is 10.4. The van der Waals surface area contributed by atoms with E-state index in [9.17, 15) is 13.2 Å². The number of anilines is 1. The number of sulfone groups is 1. The smallest absolute Gasteiger partial charge is 0.260 e. The van der Waals surface area contributed by atoms with Gasteiger partial charge in [-0.3, -0.25) is 9.69 Å². The minimum atomic E-state index is -3.40. The fraction of sp³-hybridized carbons (Fsp3) is 0.391. The van der Waals surface area contributed by atoms with E-state index in [2.05, 4.69) is 31.7 Å². The molecule has 1 heterocycles. The lowest BCUT2D eigenvalue weighted by atomic mass is 10.1. The van der Waals surface area contributed by atoms with Crippen LogP contribution in [0.1, 0.15) is 35.3 Å². The maximum Gasteiger partial charge on any atom is 0.260 e. The molecule has 0 saturated heterocycles. The highest BCUT2D eigenvalue weighted by atomic mass is 32.2. The number of carbonyl (C=O) groups is 1. The zero-order valence-electron chi connectivity index (χ0n) is 18.7. The summed E-state index contributed by atoms with van der Waals surface area (Å²) in [5.74, 6) is -0.245. The highest BCUT2D eigenvalue weighted by molar-refractivity contribution is 7.90. The van der Waals surface area contributed by atoms with Crippen molar-refractivity contribution >= 4 is 42.4 Å². The van der Waals surface area contributed by atoms with E-state index in [0.29, 0.717) is 23.8 Å². The van der Waals surface area contributed by atoms with Crippen LogP contribution >= 0.6 is 11.3 Å².